The number of aromatic nitrogens is 2. The Labute approximate surface area is 215 Å². The van der Waals surface area contributed by atoms with E-state index in [9.17, 15) is 19.7 Å². The highest BCUT2D eigenvalue weighted by Crippen LogP contribution is 2.27. The quantitative estimate of drug-likeness (QED) is 0.316. The number of carbonyl (C=O) groups is 2. The van der Waals surface area contributed by atoms with Gasteiger partial charge in [0.1, 0.15) is 12.4 Å². The molecule has 9 nitrogen and oxygen atoms in total. The number of nitro benzene ring substituents is 1. The van der Waals surface area contributed by atoms with Gasteiger partial charge in [0, 0.05) is 30.2 Å². The van der Waals surface area contributed by atoms with Crippen LogP contribution in [0.5, 0.6) is 0 Å². The predicted octanol–water partition coefficient (Wildman–Crippen LogP) is 5.53. The summed E-state index contributed by atoms with van der Waals surface area (Å²) in [5.74, 6) is -0.385. The standard InChI is InChI=1S/C26H30ClN5O4/c1-6-13-30(25(34)20-12-11-19(32(35)36)14-21(20)27)16-24(33)28-23-15-22(26(3,4)5)29-31(23)18-9-7-17(2)8-10-18/h7-12,14-15H,6,13,16H2,1-5H3,(H,28,33). The number of hydrogen-bond acceptors (Lipinski definition) is 5. The average Bonchev–Trinajstić information content (AvgIpc) is 3.23. The van der Waals surface area contributed by atoms with E-state index < -0.39 is 16.7 Å². The van der Waals surface area contributed by atoms with Crippen LogP contribution < -0.4 is 5.32 Å². The third-order valence-corrected chi connectivity index (χ3v) is 5.85. The minimum atomic E-state index is -0.583. The van der Waals surface area contributed by atoms with E-state index in [0.717, 1.165) is 23.0 Å². The number of non-ortho nitro benzene ring substituents is 1. The van der Waals surface area contributed by atoms with E-state index in [4.69, 9.17) is 16.7 Å². The second-order valence-corrected chi connectivity index (χ2v) is 10.0. The molecule has 1 heterocycles. The Morgan fingerprint density at radius 3 is 2.36 bits per heavy atom. The monoisotopic (exact) mass is 511 g/mol. The first-order valence-electron chi connectivity index (χ1n) is 11.6. The van der Waals surface area contributed by atoms with Gasteiger partial charge in [-0.15, -0.1) is 0 Å². The number of aryl methyl sites for hydroxylation is 1. The summed E-state index contributed by atoms with van der Waals surface area (Å²) in [5.41, 5.74) is 2.35. The Kier molecular flexibility index (Phi) is 8.14. The van der Waals surface area contributed by atoms with Gasteiger partial charge < -0.3 is 10.2 Å². The van der Waals surface area contributed by atoms with Gasteiger partial charge in [-0.3, -0.25) is 19.7 Å². The lowest BCUT2D eigenvalue weighted by molar-refractivity contribution is -0.384. The molecule has 0 saturated heterocycles. The number of hydrogen-bond donors (Lipinski definition) is 1. The van der Waals surface area contributed by atoms with Gasteiger partial charge in [-0.1, -0.05) is 57.0 Å². The topological polar surface area (TPSA) is 110 Å². The summed E-state index contributed by atoms with van der Waals surface area (Å²) >= 11 is 6.16. The molecule has 1 aromatic heterocycles. The molecule has 0 bridgehead atoms. The SMILES string of the molecule is CCCN(CC(=O)Nc1cc(C(C)(C)C)nn1-c1ccc(C)cc1)C(=O)c1ccc([N+](=O)[O-])cc1Cl. The van der Waals surface area contributed by atoms with Crippen LogP contribution in [0.2, 0.25) is 5.02 Å². The maximum atomic E-state index is 13.2. The van der Waals surface area contributed by atoms with Crippen molar-refractivity contribution in [3.05, 3.63) is 80.5 Å². The zero-order valence-corrected chi connectivity index (χ0v) is 21.8. The van der Waals surface area contributed by atoms with Gasteiger partial charge in [-0.05, 0) is 31.5 Å². The summed E-state index contributed by atoms with van der Waals surface area (Å²) in [6, 6.07) is 13.3. The number of nitrogens with zero attached hydrogens (tertiary/aromatic N) is 4. The van der Waals surface area contributed by atoms with E-state index in [0.29, 0.717) is 18.8 Å². The summed E-state index contributed by atoms with van der Waals surface area (Å²) < 4.78 is 1.68. The first-order chi connectivity index (χ1) is 16.9. The fourth-order valence-corrected chi connectivity index (χ4v) is 3.81. The maximum Gasteiger partial charge on any atom is 0.270 e. The minimum Gasteiger partial charge on any atom is -0.329 e. The lowest BCUT2D eigenvalue weighted by Gasteiger charge is -2.22. The van der Waals surface area contributed by atoms with Crippen LogP contribution in [0.4, 0.5) is 11.5 Å². The Bertz CT molecular complexity index is 1280. The molecule has 0 spiro atoms. The van der Waals surface area contributed by atoms with E-state index in [1.54, 1.807) is 4.68 Å². The molecular weight excluding hydrogens is 482 g/mol. The van der Waals surface area contributed by atoms with Crippen molar-refractivity contribution in [2.75, 3.05) is 18.4 Å². The molecule has 2 amide bonds. The molecule has 0 aliphatic rings. The molecule has 190 valence electrons. The van der Waals surface area contributed by atoms with Gasteiger partial charge in [-0.25, -0.2) is 4.68 Å². The van der Waals surface area contributed by atoms with Crippen LogP contribution in [0.1, 0.15) is 55.7 Å². The van der Waals surface area contributed by atoms with Crippen LogP contribution in [-0.2, 0) is 10.2 Å². The Morgan fingerprint density at radius 1 is 1.14 bits per heavy atom. The van der Waals surface area contributed by atoms with Crippen molar-refractivity contribution in [2.24, 2.45) is 0 Å². The summed E-state index contributed by atoms with van der Waals surface area (Å²) in [7, 11) is 0. The number of amides is 2. The molecule has 3 rings (SSSR count). The molecular formula is C26H30ClN5O4. The van der Waals surface area contributed by atoms with Crippen molar-refractivity contribution in [2.45, 2.75) is 46.5 Å². The molecule has 0 aliphatic heterocycles. The van der Waals surface area contributed by atoms with Crippen LogP contribution in [0, 0.1) is 17.0 Å². The van der Waals surface area contributed by atoms with Gasteiger partial charge in [0.25, 0.3) is 11.6 Å². The van der Waals surface area contributed by atoms with Crippen LogP contribution in [0.15, 0.2) is 48.5 Å². The summed E-state index contributed by atoms with van der Waals surface area (Å²) in [4.78, 5) is 38.0. The summed E-state index contributed by atoms with van der Waals surface area (Å²) in [6.07, 6.45) is 0.610. The van der Waals surface area contributed by atoms with E-state index in [2.05, 4.69) is 5.32 Å². The fourth-order valence-electron chi connectivity index (χ4n) is 3.56. The van der Waals surface area contributed by atoms with E-state index >= 15 is 0 Å². The number of nitro groups is 1. The molecule has 36 heavy (non-hydrogen) atoms. The number of benzene rings is 2. The minimum absolute atomic E-state index is 0.0389. The molecule has 10 heteroatoms. The molecule has 2 aromatic carbocycles. The largest absolute Gasteiger partial charge is 0.329 e. The van der Waals surface area contributed by atoms with Crippen molar-refractivity contribution in [1.82, 2.24) is 14.7 Å². The van der Waals surface area contributed by atoms with E-state index in [1.165, 1.54) is 17.0 Å². The van der Waals surface area contributed by atoms with E-state index in [1.807, 2.05) is 65.0 Å². The van der Waals surface area contributed by atoms with Gasteiger partial charge in [0.05, 0.1) is 26.9 Å². The molecule has 0 atom stereocenters. The van der Waals surface area contributed by atoms with Crippen LogP contribution in [0.3, 0.4) is 0 Å². The fraction of sp³-hybridized carbons (Fsp3) is 0.346. The average molecular weight is 512 g/mol. The predicted molar refractivity (Wildman–Crippen MR) is 140 cm³/mol. The lowest BCUT2D eigenvalue weighted by atomic mass is 9.92. The Hall–Kier alpha value is -3.72. The van der Waals surface area contributed by atoms with E-state index in [-0.39, 0.29) is 28.2 Å². The molecule has 1 N–H and O–H groups in total. The zero-order valence-electron chi connectivity index (χ0n) is 21.0. The zero-order chi connectivity index (χ0) is 26.6. The summed E-state index contributed by atoms with van der Waals surface area (Å²) in [6.45, 7) is 10.1. The van der Waals surface area contributed by atoms with Crippen molar-refractivity contribution in [1.29, 1.82) is 0 Å². The Balaban J connectivity index is 1.86. The van der Waals surface area contributed by atoms with Gasteiger partial charge in [0.2, 0.25) is 5.91 Å². The highest BCUT2D eigenvalue weighted by Gasteiger charge is 2.25. The lowest BCUT2D eigenvalue weighted by Crippen LogP contribution is -2.39. The van der Waals surface area contributed by atoms with Crippen molar-refractivity contribution < 1.29 is 14.5 Å². The third-order valence-electron chi connectivity index (χ3n) is 5.53. The van der Waals surface area contributed by atoms with Crippen LogP contribution >= 0.6 is 11.6 Å². The highest BCUT2D eigenvalue weighted by molar-refractivity contribution is 6.34. The molecule has 0 saturated carbocycles. The molecule has 0 aliphatic carbocycles. The summed E-state index contributed by atoms with van der Waals surface area (Å²) in [5, 5.41) is 18.6. The Morgan fingerprint density at radius 2 is 1.81 bits per heavy atom. The normalized spacial score (nSPS) is 11.3. The second-order valence-electron chi connectivity index (χ2n) is 9.61. The number of nitrogens with one attached hydrogen (secondary N) is 1. The first kappa shape index (κ1) is 26.9. The van der Waals surface area contributed by atoms with Gasteiger partial charge in [-0.2, -0.15) is 5.10 Å². The third kappa shape index (κ3) is 6.28. The number of halogens is 1. The van der Waals surface area contributed by atoms with Crippen molar-refractivity contribution in [3.8, 4) is 5.69 Å². The molecule has 0 unspecified atom stereocenters. The molecule has 0 radical (unpaired) electrons. The molecule has 0 fully saturated rings. The van der Waals surface area contributed by atoms with Crippen molar-refractivity contribution in [3.63, 3.8) is 0 Å². The second kappa shape index (κ2) is 10.9. The van der Waals surface area contributed by atoms with Crippen LogP contribution in [0.25, 0.3) is 5.69 Å². The van der Waals surface area contributed by atoms with Crippen molar-refractivity contribution >= 4 is 34.9 Å². The highest BCUT2D eigenvalue weighted by atomic mass is 35.5. The number of rotatable bonds is 8. The van der Waals surface area contributed by atoms with Gasteiger partial charge >= 0.3 is 0 Å². The number of anilines is 1. The van der Waals surface area contributed by atoms with Gasteiger partial charge in [0.15, 0.2) is 0 Å². The maximum absolute atomic E-state index is 13.2. The first-order valence-corrected chi connectivity index (χ1v) is 12.0. The number of carbonyl (C=O) groups excluding carboxylic acids is 2. The molecule has 3 aromatic rings. The van der Waals surface area contributed by atoms with Crippen LogP contribution in [-0.4, -0.2) is 44.5 Å². The smallest absolute Gasteiger partial charge is 0.270 e.